The van der Waals surface area contributed by atoms with Gasteiger partial charge in [0.05, 0.1) is 0 Å². The maximum Gasteiger partial charge on any atom is 0.273 e. The zero-order valence-electron chi connectivity index (χ0n) is 13.5. The van der Waals surface area contributed by atoms with Crippen LogP contribution in [0.2, 0.25) is 5.02 Å². The lowest BCUT2D eigenvalue weighted by molar-refractivity contribution is 0.100. The Balaban J connectivity index is 1.81. The quantitative estimate of drug-likeness (QED) is 0.569. The molecule has 0 atom stereocenters. The average molecular weight is 381 g/mol. The first-order valence-electron chi connectivity index (χ1n) is 7.84. The van der Waals surface area contributed by atoms with Gasteiger partial charge in [-0.2, -0.15) is 0 Å². The molecule has 4 aromatic rings. The van der Waals surface area contributed by atoms with Gasteiger partial charge in [-0.1, -0.05) is 23.7 Å². The summed E-state index contributed by atoms with van der Waals surface area (Å²) in [6.07, 6.45) is 1.74. The molecule has 0 spiro atoms. The Bertz CT molecular complexity index is 1180. The summed E-state index contributed by atoms with van der Waals surface area (Å²) in [5.41, 5.74) is 7.27. The van der Waals surface area contributed by atoms with Crippen LogP contribution in [0.4, 0.5) is 0 Å². The van der Waals surface area contributed by atoms with Crippen molar-refractivity contribution in [1.29, 1.82) is 0 Å². The van der Waals surface area contributed by atoms with Crippen molar-refractivity contribution >= 4 is 38.9 Å². The Morgan fingerprint density at radius 1 is 1.00 bits per heavy atom. The van der Waals surface area contributed by atoms with Crippen LogP contribution in [0.1, 0.15) is 10.4 Å². The van der Waals surface area contributed by atoms with Gasteiger partial charge in [0.2, 0.25) is 5.91 Å². The SMILES string of the molecule is NC(=O)c1ccc(-n2ccc3cc(-c4ccc(Cl)cc4)sc3c2=O)cc1. The number of primary amides is 1. The summed E-state index contributed by atoms with van der Waals surface area (Å²) < 4.78 is 2.24. The third-order valence-corrected chi connectivity index (χ3v) is 5.58. The fourth-order valence-electron chi connectivity index (χ4n) is 2.77. The minimum absolute atomic E-state index is 0.0976. The molecular formula is C20H13ClN2O2S. The Morgan fingerprint density at radius 2 is 1.69 bits per heavy atom. The molecule has 1 amide bonds. The molecule has 4 rings (SSSR count). The summed E-state index contributed by atoms with van der Waals surface area (Å²) in [5.74, 6) is -0.495. The minimum Gasteiger partial charge on any atom is -0.366 e. The number of aromatic nitrogens is 1. The summed E-state index contributed by atoms with van der Waals surface area (Å²) in [7, 11) is 0. The first-order valence-corrected chi connectivity index (χ1v) is 9.04. The van der Waals surface area contributed by atoms with Crippen molar-refractivity contribution in [3.8, 4) is 16.1 Å². The monoisotopic (exact) mass is 380 g/mol. The summed E-state index contributed by atoms with van der Waals surface area (Å²) in [6, 6.07) is 18.1. The molecule has 0 aliphatic carbocycles. The minimum atomic E-state index is -0.495. The van der Waals surface area contributed by atoms with E-state index in [1.807, 2.05) is 36.4 Å². The van der Waals surface area contributed by atoms with E-state index < -0.39 is 5.91 Å². The number of hydrogen-bond donors (Lipinski definition) is 1. The van der Waals surface area contributed by atoms with Crippen molar-refractivity contribution < 1.29 is 4.79 Å². The number of rotatable bonds is 3. The van der Waals surface area contributed by atoms with Gasteiger partial charge in [-0.3, -0.25) is 14.2 Å². The van der Waals surface area contributed by atoms with E-state index in [0.717, 1.165) is 15.8 Å². The number of benzene rings is 2. The van der Waals surface area contributed by atoms with Crippen molar-refractivity contribution in [2.75, 3.05) is 0 Å². The number of carbonyl (C=O) groups is 1. The standard InChI is InChI=1S/C20H13ClN2O2S/c21-15-5-1-12(2-6-15)17-11-14-9-10-23(20(25)18(14)26-17)16-7-3-13(4-8-16)19(22)24/h1-11H,(H2,22,24). The Kier molecular flexibility index (Phi) is 4.11. The molecule has 0 unspecified atom stereocenters. The first kappa shape index (κ1) is 16.6. The molecule has 26 heavy (non-hydrogen) atoms. The molecule has 0 aliphatic rings. The van der Waals surface area contributed by atoms with Crippen molar-refractivity contribution in [2.24, 2.45) is 5.73 Å². The summed E-state index contributed by atoms with van der Waals surface area (Å²) in [4.78, 5) is 25.1. The average Bonchev–Trinajstić information content (AvgIpc) is 3.08. The highest BCUT2D eigenvalue weighted by molar-refractivity contribution is 7.22. The molecule has 0 bridgehead atoms. The van der Waals surface area contributed by atoms with E-state index in [-0.39, 0.29) is 5.56 Å². The van der Waals surface area contributed by atoms with Crippen molar-refractivity contribution in [3.63, 3.8) is 0 Å². The van der Waals surface area contributed by atoms with Crippen LogP contribution in [0.15, 0.2) is 71.7 Å². The lowest BCUT2D eigenvalue weighted by atomic mass is 10.1. The molecule has 4 nitrogen and oxygen atoms in total. The molecule has 0 aliphatic heterocycles. The van der Waals surface area contributed by atoms with Crippen molar-refractivity contribution in [3.05, 3.63) is 87.8 Å². The van der Waals surface area contributed by atoms with Gasteiger partial charge in [0, 0.05) is 32.7 Å². The van der Waals surface area contributed by atoms with Crippen LogP contribution in [-0.4, -0.2) is 10.5 Å². The summed E-state index contributed by atoms with van der Waals surface area (Å²) in [6.45, 7) is 0. The van der Waals surface area contributed by atoms with Crippen LogP contribution in [0.5, 0.6) is 0 Å². The zero-order valence-corrected chi connectivity index (χ0v) is 15.1. The Hall–Kier alpha value is -2.89. The Morgan fingerprint density at radius 3 is 2.35 bits per heavy atom. The van der Waals surface area contributed by atoms with Gasteiger partial charge >= 0.3 is 0 Å². The molecule has 0 radical (unpaired) electrons. The van der Waals surface area contributed by atoms with Gasteiger partial charge in [-0.25, -0.2) is 0 Å². The van der Waals surface area contributed by atoms with Crippen LogP contribution in [-0.2, 0) is 0 Å². The largest absolute Gasteiger partial charge is 0.366 e. The van der Waals surface area contributed by atoms with E-state index >= 15 is 0 Å². The van der Waals surface area contributed by atoms with E-state index in [9.17, 15) is 9.59 Å². The number of thiophene rings is 1. The van der Waals surface area contributed by atoms with E-state index in [0.29, 0.717) is 21.0 Å². The molecule has 6 heteroatoms. The molecule has 0 saturated heterocycles. The zero-order chi connectivity index (χ0) is 18.3. The number of nitrogens with two attached hydrogens (primary N) is 1. The van der Waals surface area contributed by atoms with Crippen LogP contribution < -0.4 is 11.3 Å². The summed E-state index contributed by atoms with van der Waals surface area (Å²) >= 11 is 7.39. The molecule has 2 heterocycles. The topological polar surface area (TPSA) is 65.1 Å². The molecular weight excluding hydrogens is 368 g/mol. The second-order valence-electron chi connectivity index (χ2n) is 5.80. The first-order chi connectivity index (χ1) is 12.5. The molecule has 2 aromatic heterocycles. The Labute approximate surface area is 158 Å². The van der Waals surface area contributed by atoms with E-state index in [1.165, 1.54) is 11.3 Å². The normalized spacial score (nSPS) is 11.0. The lowest BCUT2D eigenvalue weighted by Crippen LogP contribution is -2.17. The van der Waals surface area contributed by atoms with Gasteiger partial charge in [-0.05, 0) is 54.1 Å². The number of pyridine rings is 1. The van der Waals surface area contributed by atoms with Gasteiger partial charge in [0.1, 0.15) is 4.70 Å². The van der Waals surface area contributed by atoms with E-state index in [4.69, 9.17) is 17.3 Å². The maximum atomic E-state index is 12.9. The fourth-order valence-corrected chi connectivity index (χ4v) is 3.99. The number of halogens is 1. The van der Waals surface area contributed by atoms with E-state index in [2.05, 4.69) is 0 Å². The third-order valence-electron chi connectivity index (χ3n) is 4.14. The molecule has 2 N–H and O–H groups in total. The van der Waals surface area contributed by atoms with Crippen LogP contribution in [0, 0.1) is 0 Å². The highest BCUT2D eigenvalue weighted by Crippen LogP contribution is 2.32. The van der Waals surface area contributed by atoms with Crippen LogP contribution in [0.3, 0.4) is 0 Å². The number of amides is 1. The fraction of sp³-hybridized carbons (Fsp3) is 0. The predicted molar refractivity (Wildman–Crippen MR) is 106 cm³/mol. The number of carbonyl (C=O) groups excluding carboxylic acids is 1. The molecule has 0 saturated carbocycles. The van der Waals surface area contributed by atoms with Crippen molar-refractivity contribution in [1.82, 2.24) is 4.57 Å². The lowest BCUT2D eigenvalue weighted by Gasteiger charge is -2.06. The highest BCUT2D eigenvalue weighted by Gasteiger charge is 2.11. The number of nitrogens with zero attached hydrogens (tertiary/aromatic N) is 1. The van der Waals surface area contributed by atoms with Gasteiger partial charge in [0.25, 0.3) is 5.56 Å². The predicted octanol–water partition coefficient (Wildman–Crippen LogP) is 4.47. The van der Waals surface area contributed by atoms with Crippen LogP contribution >= 0.6 is 22.9 Å². The summed E-state index contributed by atoms with van der Waals surface area (Å²) in [5, 5.41) is 1.58. The number of hydrogen-bond acceptors (Lipinski definition) is 3. The smallest absolute Gasteiger partial charge is 0.273 e. The third kappa shape index (κ3) is 2.92. The highest BCUT2D eigenvalue weighted by atomic mass is 35.5. The maximum absolute atomic E-state index is 12.9. The van der Waals surface area contributed by atoms with Crippen molar-refractivity contribution in [2.45, 2.75) is 0 Å². The second kappa shape index (κ2) is 6.44. The van der Waals surface area contributed by atoms with Gasteiger partial charge < -0.3 is 5.73 Å². The molecule has 0 fully saturated rings. The number of fused-ring (bicyclic) bond motifs is 1. The molecule has 2 aromatic carbocycles. The van der Waals surface area contributed by atoms with E-state index in [1.54, 1.807) is 35.0 Å². The molecule has 128 valence electrons. The van der Waals surface area contributed by atoms with Crippen LogP contribution in [0.25, 0.3) is 26.2 Å². The van der Waals surface area contributed by atoms with Gasteiger partial charge in [-0.15, -0.1) is 11.3 Å². The second-order valence-corrected chi connectivity index (χ2v) is 7.29. The van der Waals surface area contributed by atoms with Gasteiger partial charge in [0.15, 0.2) is 0 Å².